The molecule has 0 aliphatic carbocycles. The minimum absolute atomic E-state index is 0.0472. The van der Waals surface area contributed by atoms with Crippen molar-refractivity contribution in [2.75, 3.05) is 11.9 Å². The molecular weight excluding hydrogens is 222 g/mol. The summed E-state index contributed by atoms with van der Waals surface area (Å²) in [4.78, 5) is 22.6. The van der Waals surface area contributed by atoms with Gasteiger partial charge in [-0.3, -0.25) is 9.59 Å². The normalized spacial score (nSPS) is 10.0. The van der Waals surface area contributed by atoms with Crippen LogP contribution in [-0.2, 0) is 9.59 Å². The van der Waals surface area contributed by atoms with Gasteiger partial charge in [0.2, 0.25) is 11.8 Å². The Morgan fingerprint density at radius 2 is 2.18 bits per heavy atom. The van der Waals surface area contributed by atoms with Crippen LogP contribution in [0, 0.1) is 6.92 Å². The summed E-state index contributed by atoms with van der Waals surface area (Å²) in [5.74, 6) is 0.545. The van der Waals surface area contributed by atoms with Crippen LogP contribution in [0.5, 0.6) is 0 Å². The van der Waals surface area contributed by atoms with Gasteiger partial charge in [0.1, 0.15) is 5.76 Å². The minimum atomic E-state index is -0.317. The maximum Gasteiger partial charge on any atom is 0.245 e. The summed E-state index contributed by atoms with van der Waals surface area (Å²) in [6, 6.07) is 1.61. The Kier molecular flexibility index (Phi) is 5.19. The van der Waals surface area contributed by atoms with Crippen molar-refractivity contribution >= 4 is 17.6 Å². The van der Waals surface area contributed by atoms with Gasteiger partial charge in [-0.2, -0.15) is 0 Å². The second-order valence-corrected chi connectivity index (χ2v) is 3.75. The quantitative estimate of drug-likeness (QED) is 0.782. The number of nitrogens with zero attached hydrogens (tertiary/aromatic N) is 1. The SMILES string of the molecule is CCCCC(=O)NCC(=O)Nc1cc(C)on1. The molecular formula is C11H17N3O3. The van der Waals surface area contributed by atoms with E-state index in [2.05, 4.69) is 15.8 Å². The lowest BCUT2D eigenvalue weighted by atomic mass is 10.2. The molecule has 0 bridgehead atoms. The first kappa shape index (κ1) is 13.2. The lowest BCUT2D eigenvalue weighted by molar-refractivity contribution is -0.124. The maximum absolute atomic E-state index is 11.4. The van der Waals surface area contributed by atoms with Gasteiger partial charge in [-0.25, -0.2) is 0 Å². The predicted molar refractivity (Wildman–Crippen MR) is 62.4 cm³/mol. The molecule has 0 radical (unpaired) electrons. The Labute approximate surface area is 99.7 Å². The monoisotopic (exact) mass is 239 g/mol. The van der Waals surface area contributed by atoms with Crippen molar-refractivity contribution < 1.29 is 14.1 Å². The van der Waals surface area contributed by atoms with Crippen molar-refractivity contribution in [3.8, 4) is 0 Å². The average Bonchev–Trinajstić information content (AvgIpc) is 2.69. The van der Waals surface area contributed by atoms with Crippen molar-refractivity contribution in [2.24, 2.45) is 0 Å². The number of amides is 2. The van der Waals surface area contributed by atoms with E-state index in [9.17, 15) is 9.59 Å². The van der Waals surface area contributed by atoms with Crippen molar-refractivity contribution in [2.45, 2.75) is 33.1 Å². The summed E-state index contributed by atoms with van der Waals surface area (Å²) in [5, 5.41) is 8.66. The van der Waals surface area contributed by atoms with Crippen LogP contribution in [0.3, 0.4) is 0 Å². The Balaban J connectivity index is 2.23. The molecule has 1 aromatic heterocycles. The zero-order valence-corrected chi connectivity index (χ0v) is 10.1. The molecule has 0 aliphatic heterocycles. The molecule has 0 atom stereocenters. The highest BCUT2D eigenvalue weighted by atomic mass is 16.5. The van der Waals surface area contributed by atoms with Crippen LogP contribution in [-0.4, -0.2) is 23.5 Å². The van der Waals surface area contributed by atoms with Crippen molar-refractivity contribution in [1.29, 1.82) is 0 Å². The first-order chi connectivity index (χ1) is 8.11. The van der Waals surface area contributed by atoms with Gasteiger partial charge in [0.25, 0.3) is 0 Å². The van der Waals surface area contributed by atoms with E-state index in [4.69, 9.17) is 4.52 Å². The van der Waals surface area contributed by atoms with Crippen LogP contribution in [0.25, 0.3) is 0 Å². The average molecular weight is 239 g/mol. The van der Waals surface area contributed by atoms with E-state index in [1.807, 2.05) is 6.92 Å². The number of rotatable bonds is 6. The van der Waals surface area contributed by atoms with Crippen LogP contribution >= 0.6 is 0 Å². The second-order valence-electron chi connectivity index (χ2n) is 3.75. The van der Waals surface area contributed by atoms with Gasteiger partial charge >= 0.3 is 0 Å². The van der Waals surface area contributed by atoms with Crippen LogP contribution in [0.1, 0.15) is 31.9 Å². The van der Waals surface area contributed by atoms with Crippen molar-refractivity contribution in [1.82, 2.24) is 10.5 Å². The topological polar surface area (TPSA) is 84.2 Å². The van der Waals surface area contributed by atoms with Gasteiger partial charge in [0.15, 0.2) is 5.82 Å². The zero-order valence-electron chi connectivity index (χ0n) is 10.1. The number of carbonyl (C=O) groups excluding carboxylic acids is 2. The maximum atomic E-state index is 11.4. The summed E-state index contributed by atoms with van der Waals surface area (Å²) >= 11 is 0. The van der Waals surface area contributed by atoms with Gasteiger partial charge in [0.05, 0.1) is 6.54 Å². The van der Waals surface area contributed by atoms with Crippen molar-refractivity contribution in [3.63, 3.8) is 0 Å². The van der Waals surface area contributed by atoms with E-state index in [1.165, 1.54) is 0 Å². The van der Waals surface area contributed by atoms with Crippen LogP contribution in [0.2, 0.25) is 0 Å². The van der Waals surface area contributed by atoms with E-state index in [0.29, 0.717) is 18.0 Å². The van der Waals surface area contributed by atoms with E-state index in [0.717, 1.165) is 12.8 Å². The fourth-order valence-corrected chi connectivity index (χ4v) is 1.22. The Morgan fingerprint density at radius 1 is 1.41 bits per heavy atom. The van der Waals surface area contributed by atoms with Crippen LogP contribution in [0.4, 0.5) is 5.82 Å². The lowest BCUT2D eigenvalue weighted by Gasteiger charge is -2.03. The van der Waals surface area contributed by atoms with E-state index in [1.54, 1.807) is 13.0 Å². The number of nitrogens with one attached hydrogen (secondary N) is 2. The molecule has 0 saturated heterocycles. The highest BCUT2D eigenvalue weighted by molar-refractivity contribution is 5.93. The molecule has 6 nitrogen and oxygen atoms in total. The van der Waals surface area contributed by atoms with Gasteiger partial charge < -0.3 is 15.2 Å². The Hall–Kier alpha value is -1.85. The molecule has 0 fully saturated rings. The number of aromatic nitrogens is 1. The molecule has 0 aromatic carbocycles. The largest absolute Gasteiger partial charge is 0.360 e. The van der Waals surface area contributed by atoms with Crippen LogP contribution < -0.4 is 10.6 Å². The second kappa shape index (κ2) is 6.67. The molecule has 1 aromatic rings. The fraction of sp³-hybridized carbons (Fsp3) is 0.545. The van der Waals surface area contributed by atoms with Gasteiger partial charge in [0, 0.05) is 12.5 Å². The third-order valence-electron chi connectivity index (χ3n) is 2.10. The third kappa shape index (κ3) is 5.14. The number of hydrogen-bond acceptors (Lipinski definition) is 4. The van der Waals surface area contributed by atoms with E-state index >= 15 is 0 Å². The highest BCUT2D eigenvalue weighted by Gasteiger charge is 2.07. The number of hydrogen-bond donors (Lipinski definition) is 2. The molecule has 0 aliphatic rings. The smallest absolute Gasteiger partial charge is 0.245 e. The van der Waals surface area contributed by atoms with E-state index < -0.39 is 0 Å². The number of carbonyl (C=O) groups is 2. The highest BCUT2D eigenvalue weighted by Crippen LogP contribution is 2.06. The molecule has 2 amide bonds. The summed E-state index contributed by atoms with van der Waals surface area (Å²) in [6.45, 7) is 3.69. The summed E-state index contributed by atoms with van der Waals surface area (Å²) in [7, 11) is 0. The van der Waals surface area contributed by atoms with Crippen LogP contribution in [0.15, 0.2) is 10.6 Å². The van der Waals surface area contributed by atoms with Crippen molar-refractivity contribution in [3.05, 3.63) is 11.8 Å². The fourth-order valence-electron chi connectivity index (χ4n) is 1.22. The van der Waals surface area contributed by atoms with Gasteiger partial charge in [-0.1, -0.05) is 18.5 Å². The third-order valence-corrected chi connectivity index (χ3v) is 2.10. The molecule has 6 heteroatoms. The number of unbranched alkanes of at least 4 members (excludes halogenated alkanes) is 1. The first-order valence-corrected chi connectivity index (χ1v) is 5.61. The molecule has 2 N–H and O–H groups in total. The Bertz CT molecular complexity index is 387. The standard InChI is InChI=1S/C11H17N3O3/c1-3-4-5-10(15)12-7-11(16)13-9-6-8(2)17-14-9/h6H,3-5,7H2,1-2H3,(H,12,15)(H,13,14,16). The molecule has 1 rings (SSSR count). The minimum Gasteiger partial charge on any atom is -0.360 e. The van der Waals surface area contributed by atoms with Gasteiger partial charge in [-0.05, 0) is 13.3 Å². The summed E-state index contributed by atoms with van der Waals surface area (Å²) in [6.07, 6.45) is 2.24. The van der Waals surface area contributed by atoms with E-state index in [-0.39, 0.29) is 18.4 Å². The summed E-state index contributed by atoms with van der Waals surface area (Å²) in [5.41, 5.74) is 0. The summed E-state index contributed by atoms with van der Waals surface area (Å²) < 4.78 is 4.79. The van der Waals surface area contributed by atoms with Gasteiger partial charge in [-0.15, -0.1) is 0 Å². The number of aryl methyl sites for hydroxylation is 1. The molecule has 94 valence electrons. The predicted octanol–water partition coefficient (Wildman–Crippen LogP) is 1.23. The Morgan fingerprint density at radius 3 is 2.76 bits per heavy atom. The molecule has 0 saturated carbocycles. The first-order valence-electron chi connectivity index (χ1n) is 5.61. The molecule has 1 heterocycles. The zero-order chi connectivity index (χ0) is 12.7. The molecule has 17 heavy (non-hydrogen) atoms. The molecule has 0 unspecified atom stereocenters. The lowest BCUT2D eigenvalue weighted by Crippen LogP contribution is -2.32. The molecule has 0 spiro atoms. The number of anilines is 1.